The number of esters is 1. The fourth-order valence-electron chi connectivity index (χ4n) is 7.98. The first kappa shape index (κ1) is 24.7. The number of hydrogen-bond acceptors (Lipinski definition) is 3. The molecule has 0 aromatic heterocycles. The first-order chi connectivity index (χ1) is 15.6. The molecule has 0 radical (unpaired) electrons. The van der Waals surface area contributed by atoms with Gasteiger partial charge in [0.25, 0.3) is 0 Å². The number of rotatable bonds is 6. The Kier molecular flexibility index (Phi) is 7.00. The van der Waals surface area contributed by atoms with Gasteiger partial charge in [-0.05, 0) is 98.9 Å². The second-order valence-electron chi connectivity index (χ2n) is 12.5. The summed E-state index contributed by atoms with van der Waals surface area (Å²) in [6, 6.07) is 0. The van der Waals surface area contributed by atoms with Gasteiger partial charge in [-0.2, -0.15) is 0 Å². The van der Waals surface area contributed by atoms with Gasteiger partial charge in [-0.15, -0.1) is 0 Å². The Bertz CT molecular complexity index is 851. The second-order valence-corrected chi connectivity index (χ2v) is 12.5. The maximum atomic E-state index is 11.5. The Balaban J connectivity index is 1.54. The molecule has 3 aliphatic carbocycles. The average molecular weight is 454 g/mol. The first-order valence-electron chi connectivity index (χ1n) is 13.7. The van der Waals surface area contributed by atoms with Gasteiger partial charge in [0.1, 0.15) is 6.10 Å². The summed E-state index contributed by atoms with van der Waals surface area (Å²) in [5, 5.41) is 0. The highest BCUT2D eigenvalue weighted by Crippen LogP contribution is 2.60. The molecule has 3 heteroatoms. The van der Waals surface area contributed by atoms with E-state index in [1.807, 2.05) is 0 Å². The number of ether oxygens (including phenoxy) is 1. The fraction of sp³-hybridized carbons (Fsp3) is 0.800. The largest absolute Gasteiger partial charge is 0.463 e. The van der Waals surface area contributed by atoms with Crippen LogP contribution >= 0.6 is 0 Å². The number of allylic oxidation sites excluding steroid dienone is 3. The van der Waals surface area contributed by atoms with Crippen LogP contribution in [0.5, 0.6) is 0 Å². The Morgan fingerprint density at radius 3 is 2.58 bits per heavy atom. The molecule has 0 bridgehead atoms. The average Bonchev–Trinajstić information content (AvgIpc) is 2.76. The summed E-state index contributed by atoms with van der Waals surface area (Å²) in [7, 11) is 0. The molecular weight excluding hydrogens is 406 g/mol. The molecule has 1 heterocycles. The van der Waals surface area contributed by atoms with Gasteiger partial charge in [-0.25, -0.2) is 0 Å². The Hall–Kier alpha value is -1.38. The maximum Gasteiger partial charge on any atom is 0.302 e. The Labute approximate surface area is 202 Å². The van der Waals surface area contributed by atoms with Gasteiger partial charge in [0.05, 0.1) is 0 Å². The molecule has 4 aliphatic rings. The van der Waals surface area contributed by atoms with Crippen molar-refractivity contribution in [2.24, 2.45) is 39.5 Å². The summed E-state index contributed by atoms with van der Waals surface area (Å²) in [5.41, 5.74) is 6.74. The van der Waals surface area contributed by atoms with E-state index >= 15 is 0 Å². The molecule has 0 aromatic carbocycles. The van der Waals surface area contributed by atoms with Crippen molar-refractivity contribution < 1.29 is 9.53 Å². The minimum absolute atomic E-state index is 0.120. The smallest absolute Gasteiger partial charge is 0.302 e. The van der Waals surface area contributed by atoms with Crippen molar-refractivity contribution in [3.05, 3.63) is 23.3 Å². The summed E-state index contributed by atoms with van der Waals surface area (Å²) in [6.45, 7) is 19.0. The highest BCUT2D eigenvalue weighted by Gasteiger charge is 2.53. The van der Waals surface area contributed by atoms with Crippen LogP contribution in [0.3, 0.4) is 0 Å². The fourth-order valence-corrected chi connectivity index (χ4v) is 7.98. The van der Waals surface area contributed by atoms with E-state index in [0.29, 0.717) is 17.8 Å². The van der Waals surface area contributed by atoms with E-state index in [1.165, 1.54) is 49.8 Å². The molecule has 33 heavy (non-hydrogen) atoms. The molecule has 0 amide bonds. The van der Waals surface area contributed by atoms with E-state index < -0.39 is 0 Å². The van der Waals surface area contributed by atoms with Crippen molar-refractivity contribution in [1.82, 2.24) is 0 Å². The summed E-state index contributed by atoms with van der Waals surface area (Å²) in [6.07, 6.45) is 11.8. The van der Waals surface area contributed by atoms with Crippen molar-refractivity contribution in [3.8, 4) is 0 Å². The molecule has 1 aliphatic heterocycles. The monoisotopic (exact) mass is 453 g/mol. The lowest BCUT2D eigenvalue weighted by molar-refractivity contribution is -0.150. The lowest BCUT2D eigenvalue weighted by Gasteiger charge is -2.55. The van der Waals surface area contributed by atoms with Crippen molar-refractivity contribution in [3.63, 3.8) is 0 Å². The van der Waals surface area contributed by atoms with Gasteiger partial charge in [-0.3, -0.25) is 9.79 Å². The molecule has 0 N–H and O–H groups in total. The van der Waals surface area contributed by atoms with Gasteiger partial charge in [0, 0.05) is 24.6 Å². The zero-order valence-corrected chi connectivity index (χ0v) is 22.1. The zero-order chi connectivity index (χ0) is 24.0. The molecule has 0 aromatic rings. The molecular formula is C30H47NO2. The topological polar surface area (TPSA) is 38.7 Å². The highest BCUT2D eigenvalue weighted by molar-refractivity contribution is 6.06. The molecule has 0 spiro atoms. The van der Waals surface area contributed by atoms with Crippen molar-refractivity contribution >= 4 is 11.7 Å². The number of aliphatic imine (C=N–C) groups is 1. The third-order valence-electron chi connectivity index (χ3n) is 10.2. The minimum Gasteiger partial charge on any atom is -0.463 e. The predicted molar refractivity (Wildman–Crippen MR) is 137 cm³/mol. The van der Waals surface area contributed by atoms with Crippen LogP contribution in [0.2, 0.25) is 0 Å². The summed E-state index contributed by atoms with van der Waals surface area (Å²) < 4.78 is 5.63. The van der Waals surface area contributed by atoms with Crippen LogP contribution < -0.4 is 0 Å². The van der Waals surface area contributed by atoms with Crippen LogP contribution in [0.1, 0.15) is 106 Å². The minimum atomic E-state index is -0.124. The van der Waals surface area contributed by atoms with Crippen LogP contribution in [0.15, 0.2) is 28.3 Å². The summed E-state index contributed by atoms with van der Waals surface area (Å²) >= 11 is 0. The van der Waals surface area contributed by atoms with Crippen LogP contribution in [-0.4, -0.2) is 24.3 Å². The van der Waals surface area contributed by atoms with Crippen LogP contribution in [0.4, 0.5) is 0 Å². The van der Waals surface area contributed by atoms with Crippen LogP contribution in [0, 0.1) is 34.5 Å². The number of carbonyl (C=O) groups excluding carboxylic acids is 1. The quantitative estimate of drug-likeness (QED) is 0.305. The molecule has 6 atom stereocenters. The number of nitrogens with zero attached hydrogens (tertiary/aromatic N) is 1. The Morgan fingerprint density at radius 2 is 1.88 bits per heavy atom. The lowest BCUT2D eigenvalue weighted by Crippen LogP contribution is -2.50. The highest BCUT2D eigenvalue weighted by atomic mass is 16.5. The number of fused-ring (bicyclic) bond motifs is 4. The normalized spacial score (nSPS) is 36.9. The second kappa shape index (κ2) is 9.34. The number of hydrogen-bond donors (Lipinski definition) is 0. The SMILES string of the molecule is C=C(CC[C@H](C)[C@H]1CCN=C2C3=C(CC[C@]21C)[C@@]1(C)CC[C@@H](OC(C)=O)C[C@@H]1CC3)C(C)C. The molecule has 4 rings (SSSR count). The van der Waals surface area contributed by atoms with Crippen molar-refractivity contribution in [2.45, 2.75) is 112 Å². The zero-order valence-electron chi connectivity index (χ0n) is 22.1. The standard InChI is InChI=1S/C30H47NO2/c1-19(2)20(3)8-9-21(4)26-14-17-31-28-25-11-10-23-18-24(33-22(5)32)12-15-29(23,6)27(25)13-16-30(26,28)7/h19,21,23-24,26H,3,8-18H2,1-2,4-7H3/t21-,23-,24+,26+,29-,30-/m0/s1. The van der Waals surface area contributed by atoms with Gasteiger partial charge in [0.15, 0.2) is 0 Å². The third-order valence-corrected chi connectivity index (χ3v) is 10.2. The van der Waals surface area contributed by atoms with E-state index in [2.05, 4.69) is 41.2 Å². The lowest BCUT2D eigenvalue weighted by atomic mass is 9.50. The van der Waals surface area contributed by atoms with Crippen LogP contribution in [0.25, 0.3) is 0 Å². The van der Waals surface area contributed by atoms with Gasteiger partial charge in [-0.1, -0.05) is 52.3 Å². The maximum absolute atomic E-state index is 11.5. The Morgan fingerprint density at radius 1 is 1.12 bits per heavy atom. The van der Waals surface area contributed by atoms with Gasteiger partial charge < -0.3 is 4.74 Å². The predicted octanol–water partition coefficient (Wildman–Crippen LogP) is 7.70. The van der Waals surface area contributed by atoms with E-state index in [9.17, 15) is 4.79 Å². The van der Waals surface area contributed by atoms with E-state index in [-0.39, 0.29) is 22.9 Å². The molecule has 184 valence electrons. The molecule has 1 fully saturated rings. The van der Waals surface area contributed by atoms with E-state index in [4.69, 9.17) is 9.73 Å². The third kappa shape index (κ3) is 4.50. The van der Waals surface area contributed by atoms with Crippen molar-refractivity contribution in [1.29, 1.82) is 0 Å². The van der Waals surface area contributed by atoms with Crippen LogP contribution in [-0.2, 0) is 9.53 Å². The molecule has 1 saturated carbocycles. The summed E-state index contributed by atoms with van der Waals surface area (Å²) in [4.78, 5) is 16.8. The molecule has 0 saturated heterocycles. The summed E-state index contributed by atoms with van der Waals surface area (Å²) in [5.74, 6) is 2.54. The van der Waals surface area contributed by atoms with Gasteiger partial charge >= 0.3 is 5.97 Å². The molecule has 0 unspecified atom stereocenters. The van der Waals surface area contributed by atoms with Crippen molar-refractivity contribution in [2.75, 3.05) is 6.54 Å². The molecule has 3 nitrogen and oxygen atoms in total. The van der Waals surface area contributed by atoms with Gasteiger partial charge in [0.2, 0.25) is 0 Å². The van der Waals surface area contributed by atoms with E-state index in [0.717, 1.165) is 38.1 Å². The van der Waals surface area contributed by atoms with E-state index in [1.54, 1.807) is 18.1 Å². The first-order valence-corrected chi connectivity index (χ1v) is 13.7. The number of carbonyl (C=O) groups is 1.